The lowest BCUT2D eigenvalue weighted by molar-refractivity contribution is -0.276. The SMILES string of the molecule is CCCCCCCCCCCCCCCC(=O)OC1CCC2(C)C(CCC3(C)C2CCC2C4C(C)C(C)=CC(O)C4(C)C(O)CC23C)C1(C)C. The number of hydrogen-bond donors (Lipinski definition) is 2. The van der Waals surface area contributed by atoms with E-state index in [1.165, 1.54) is 102 Å². The van der Waals surface area contributed by atoms with Crippen molar-refractivity contribution in [1.82, 2.24) is 0 Å². The maximum absolute atomic E-state index is 13.2. The number of allylic oxidation sites excluding steroid dienone is 1. The number of unbranched alkanes of at least 4 members (excludes halogenated alkanes) is 12. The van der Waals surface area contributed by atoms with Crippen LogP contribution in [-0.2, 0) is 9.53 Å². The van der Waals surface area contributed by atoms with Crippen molar-refractivity contribution in [2.45, 2.75) is 215 Å². The first-order valence-electron chi connectivity index (χ1n) is 21.8. The minimum absolute atomic E-state index is 0.00267. The Bertz CT molecular complexity index is 1170. The average Bonchev–Trinajstić information content (AvgIpc) is 3.05. The Kier molecular flexibility index (Phi) is 12.8. The smallest absolute Gasteiger partial charge is 0.306 e. The van der Waals surface area contributed by atoms with Gasteiger partial charge in [0.25, 0.3) is 0 Å². The van der Waals surface area contributed by atoms with Crippen LogP contribution in [0.2, 0.25) is 0 Å². The Morgan fingerprint density at radius 1 is 0.760 bits per heavy atom. The van der Waals surface area contributed by atoms with Gasteiger partial charge in [0.15, 0.2) is 0 Å². The molecule has 0 saturated heterocycles. The highest BCUT2D eigenvalue weighted by molar-refractivity contribution is 5.69. The Hall–Kier alpha value is -0.870. The average molecular weight is 697 g/mol. The summed E-state index contributed by atoms with van der Waals surface area (Å²) in [6, 6.07) is 0. The lowest BCUT2D eigenvalue weighted by Crippen LogP contribution is -2.70. The van der Waals surface area contributed by atoms with Gasteiger partial charge in [0.2, 0.25) is 0 Å². The van der Waals surface area contributed by atoms with E-state index in [1.54, 1.807) is 0 Å². The van der Waals surface area contributed by atoms with Crippen LogP contribution in [0, 0.1) is 56.7 Å². The molecule has 4 nitrogen and oxygen atoms in total. The van der Waals surface area contributed by atoms with Gasteiger partial charge in [-0.15, -0.1) is 0 Å². The largest absolute Gasteiger partial charge is 0.462 e. The minimum atomic E-state index is -0.578. The van der Waals surface area contributed by atoms with Crippen LogP contribution in [0.4, 0.5) is 0 Å². The number of aliphatic hydroxyl groups is 2. The molecule has 2 N–H and O–H groups in total. The molecule has 5 aliphatic carbocycles. The molecule has 0 heterocycles. The first-order valence-corrected chi connectivity index (χ1v) is 21.8. The van der Waals surface area contributed by atoms with Crippen molar-refractivity contribution in [3.63, 3.8) is 0 Å². The molecular formula is C46H80O4. The Labute approximate surface area is 308 Å². The van der Waals surface area contributed by atoms with Crippen LogP contribution in [0.3, 0.4) is 0 Å². The summed E-state index contributed by atoms with van der Waals surface area (Å²) in [5.41, 5.74) is 1.12. The first kappa shape index (κ1) is 40.3. The van der Waals surface area contributed by atoms with Gasteiger partial charge in [0.05, 0.1) is 12.2 Å². The van der Waals surface area contributed by atoms with Gasteiger partial charge in [-0.1, -0.05) is 144 Å². The summed E-state index contributed by atoms with van der Waals surface area (Å²) in [6.07, 6.45) is 26.3. The number of rotatable bonds is 15. The van der Waals surface area contributed by atoms with Gasteiger partial charge < -0.3 is 14.9 Å². The molecule has 0 aromatic rings. The highest BCUT2D eigenvalue weighted by Gasteiger charge is 2.72. The maximum Gasteiger partial charge on any atom is 0.306 e. The lowest BCUT2D eigenvalue weighted by atomic mass is 9.31. The van der Waals surface area contributed by atoms with E-state index < -0.39 is 17.6 Å². The van der Waals surface area contributed by atoms with Crippen LogP contribution in [0.15, 0.2) is 11.6 Å². The predicted molar refractivity (Wildman–Crippen MR) is 208 cm³/mol. The van der Waals surface area contributed by atoms with Crippen LogP contribution in [0.5, 0.6) is 0 Å². The normalized spacial score (nSPS) is 43.5. The van der Waals surface area contributed by atoms with E-state index in [4.69, 9.17) is 4.74 Å². The summed E-state index contributed by atoms with van der Waals surface area (Å²) in [6.45, 7) is 21.6. The van der Waals surface area contributed by atoms with E-state index in [0.717, 1.165) is 32.1 Å². The van der Waals surface area contributed by atoms with E-state index in [9.17, 15) is 15.0 Å². The number of aliphatic hydroxyl groups excluding tert-OH is 2. The second-order valence-electron chi connectivity index (χ2n) is 20.3. The molecule has 0 spiro atoms. The molecule has 4 heteroatoms. The van der Waals surface area contributed by atoms with E-state index in [0.29, 0.717) is 36.0 Å². The van der Waals surface area contributed by atoms with Gasteiger partial charge in [0, 0.05) is 17.3 Å². The van der Waals surface area contributed by atoms with Crippen LogP contribution < -0.4 is 0 Å². The third-order valence-electron chi connectivity index (χ3n) is 17.4. The molecule has 0 amide bonds. The Morgan fingerprint density at radius 3 is 1.94 bits per heavy atom. The zero-order chi connectivity index (χ0) is 36.5. The predicted octanol–water partition coefficient (Wildman–Crippen LogP) is 12.0. The van der Waals surface area contributed by atoms with Crippen molar-refractivity contribution in [3.8, 4) is 0 Å². The molecule has 4 saturated carbocycles. The van der Waals surface area contributed by atoms with E-state index in [1.807, 2.05) is 6.08 Å². The summed E-state index contributed by atoms with van der Waals surface area (Å²) >= 11 is 0. The highest BCUT2D eigenvalue weighted by atomic mass is 16.5. The number of ether oxygens (including phenoxy) is 1. The summed E-state index contributed by atoms with van der Waals surface area (Å²) in [5, 5.41) is 23.4. The Balaban J connectivity index is 1.14. The van der Waals surface area contributed by atoms with Gasteiger partial charge in [0.1, 0.15) is 6.10 Å². The van der Waals surface area contributed by atoms with Gasteiger partial charge >= 0.3 is 5.97 Å². The second kappa shape index (κ2) is 15.8. The third-order valence-corrected chi connectivity index (χ3v) is 17.4. The van der Waals surface area contributed by atoms with Crippen LogP contribution in [0.25, 0.3) is 0 Å². The highest BCUT2D eigenvalue weighted by Crippen LogP contribution is 2.76. The molecule has 0 aromatic heterocycles. The van der Waals surface area contributed by atoms with E-state index in [-0.39, 0.29) is 33.7 Å². The second-order valence-corrected chi connectivity index (χ2v) is 20.3. The molecule has 0 bridgehead atoms. The minimum Gasteiger partial charge on any atom is -0.462 e. The number of carbonyl (C=O) groups excluding carboxylic acids is 1. The molecule has 5 aliphatic rings. The van der Waals surface area contributed by atoms with Crippen molar-refractivity contribution < 1.29 is 19.7 Å². The van der Waals surface area contributed by atoms with Crippen LogP contribution in [0.1, 0.15) is 197 Å². The molecular weight excluding hydrogens is 617 g/mol. The van der Waals surface area contributed by atoms with Crippen molar-refractivity contribution in [2.24, 2.45) is 56.7 Å². The van der Waals surface area contributed by atoms with E-state index >= 15 is 0 Å². The summed E-state index contributed by atoms with van der Waals surface area (Å²) in [7, 11) is 0. The number of hydrogen-bond acceptors (Lipinski definition) is 4. The zero-order valence-corrected chi connectivity index (χ0v) is 34.3. The molecule has 0 aliphatic heterocycles. The van der Waals surface area contributed by atoms with E-state index in [2.05, 4.69) is 62.3 Å². The van der Waals surface area contributed by atoms with Gasteiger partial charge in [-0.25, -0.2) is 0 Å². The zero-order valence-electron chi connectivity index (χ0n) is 34.3. The van der Waals surface area contributed by atoms with Gasteiger partial charge in [-0.05, 0) is 104 Å². The fraction of sp³-hybridized carbons (Fsp3) is 0.935. The molecule has 12 unspecified atom stereocenters. The topological polar surface area (TPSA) is 66.8 Å². The molecule has 5 rings (SSSR count). The molecule has 0 aromatic carbocycles. The monoisotopic (exact) mass is 697 g/mol. The molecule has 50 heavy (non-hydrogen) atoms. The molecule has 0 radical (unpaired) electrons. The lowest BCUT2D eigenvalue weighted by Gasteiger charge is -2.74. The summed E-state index contributed by atoms with van der Waals surface area (Å²) in [5.74, 6) is 2.31. The summed E-state index contributed by atoms with van der Waals surface area (Å²) < 4.78 is 6.39. The molecule has 12 atom stereocenters. The number of fused-ring (bicyclic) bond motifs is 7. The Morgan fingerprint density at radius 2 is 1.34 bits per heavy atom. The fourth-order valence-electron chi connectivity index (χ4n) is 14.0. The third kappa shape index (κ3) is 7.07. The molecule has 288 valence electrons. The van der Waals surface area contributed by atoms with Crippen LogP contribution >= 0.6 is 0 Å². The number of esters is 1. The van der Waals surface area contributed by atoms with Crippen molar-refractivity contribution >= 4 is 5.97 Å². The van der Waals surface area contributed by atoms with Crippen molar-refractivity contribution in [1.29, 1.82) is 0 Å². The molecule has 4 fully saturated rings. The van der Waals surface area contributed by atoms with Crippen LogP contribution in [-0.4, -0.2) is 34.5 Å². The number of carbonyl (C=O) groups is 1. The van der Waals surface area contributed by atoms with Gasteiger partial charge in [-0.2, -0.15) is 0 Å². The van der Waals surface area contributed by atoms with Crippen molar-refractivity contribution in [2.75, 3.05) is 0 Å². The quantitative estimate of drug-likeness (QED) is 0.102. The van der Waals surface area contributed by atoms with Gasteiger partial charge in [-0.3, -0.25) is 4.79 Å². The standard InChI is InChI=1S/C46H80O4/c1-10-11-12-13-14-15-16-17-18-19-20-21-22-23-40(49)50-39-27-28-43(6)35(42(39,4)5)26-29-44(7)36(43)25-24-34-41-33(3)32(2)30-37(47)46(41,9)38(48)31-45(34,44)8/h30,33-39,41,47-48H,10-29,31H2,1-9H3. The van der Waals surface area contributed by atoms with Crippen molar-refractivity contribution in [3.05, 3.63) is 11.6 Å². The fourth-order valence-corrected chi connectivity index (χ4v) is 14.0. The summed E-state index contributed by atoms with van der Waals surface area (Å²) in [4.78, 5) is 13.2. The first-order chi connectivity index (χ1) is 23.6. The maximum atomic E-state index is 13.2.